The van der Waals surface area contributed by atoms with Gasteiger partial charge in [-0.05, 0) is 26.2 Å². The van der Waals surface area contributed by atoms with Gasteiger partial charge in [-0.3, -0.25) is 4.79 Å². The zero-order chi connectivity index (χ0) is 12.3. The summed E-state index contributed by atoms with van der Waals surface area (Å²) in [6.45, 7) is 10.1. The molecule has 1 heterocycles. The van der Waals surface area contributed by atoms with Crippen molar-refractivity contribution in [3.63, 3.8) is 0 Å². The molecular weight excluding hydrogens is 204 g/mol. The molecule has 0 bridgehead atoms. The molecule has 0 aromatic carbocycles. The Morgan fingerprint density at radius 1 is 1.50 bits per heavy atom. The van der Waals surface area contributed by atoms with E-state index in [0.29, 0.717) is 25.7 Å². The molecular formula is C12H24N2O2. The molecule has 16 heavy (non-hydrogen) atoms. The maximum absolute atomic E-state index is 12.2. The van der Waals surface area contributed by atoms with Crippen molar-refractivity contribution in [2.75, 3.05) is 19.8 Å². The standard InChI is InChI=1S/C12H24N2O2/c1-9(2)7-10(13)11(15)14-5-6-16-8-12(14,3)4/h9-10H,5-8,13H2,1-4H3. The summed E-state index contributed by atoms with van der Waals surface area (Å²) < 4.78 is 5.39. The zero-order valence-corrected chi connectivity index (χ0v) is 10.8. The first kappa shape index (κ1) is 13.5. The fourth-order valence-electron chi connectivity index (χ4n) is 2.08. The van der Waals surface area contributed by atoms with Gasteiger partial charge in [0.1, 0.15) is 0 Å². The lowest BCUT2D eigenvalue weighted by molar-refractivity contribution is -0.148. The summed E-state index contributed by atoms with van der Waals surface area (Å²) in [5.41, 5.74) is 5.71. The average Bonchev–Trinajstić information content (AvgIpc) is 2.15. The van der Waals surface area contributed by atoms with E-state index in [1.165, 1.54) is 0 Å². The fraction of sp³-hybridized carbons (Fsp3) is 0.917. The third-order valence-electron chi connectivity index (χ3n) is 2.95. The predicted molar refractivity (Wildman–Crippen MR) is 64.0 cm³/mol. The smallest absolute Gasteiger partial charge is 0.240 e. The molecule has 0 aliphatic carbocycles. The van der Waals surface area contributed by atoms with Gasteiger partial charge in [0.05, 0.1) is 24.8 Å². The van der Waals surface area contributed by atoms with Crippen molar-refractivity contribution >= 4 is 5.91 Å². The largest absolute Gasteiger partial charge is 0.377 e. The lowest BCUT2D eigenvalue weighted by atomic mass is 9.98. The number of hydrogen-bond donors (Lipinski definition) is 1. The van der Waals surface area contributed by atoms with Crippen molar-refractivity contribution in [3.05, 3.63) is 0 Å². The van der Waals surface area contributed by atoms with Gasteiger partial charge in [-0.25, -0.2) is 0 Å². The third-order valence-corrected chi connectivity index (χ3v) is 2.95. The van der Waals surface area contributed by atoms with Gasteiger partial charge in [0.15, 0.2) is 0 Å². The van der Waals surface area contributed by atoms with Crippen LogP contribution < -0.4 is 5.73 Å². The highest BCUT2D eigenvalue weighted by Crippen LogP contribution is 2.20. The van der Waals surface area contributed by atoms with Crippen molar-refractivity contribution in [1.82, 2.24) is 4.90 Å². The molecule has 1 fully saturated rings. The van der Waals surface area contributed by atoms with Crippen LogP contribution in [-0.2, 0) is 9.53 Å². The Bertz CT molecular complexity index is 251. The van der Waals surface area contributed by atoms with Crippen LogP contribution in [0.15, 0.2) is 0 Å². The monoisotopic (exact) mass is 228 g/mol. The van der Waals surface area contributed by atoms with Crippen LogP contribution in [-0.4, -0.2) is 42.1 Å². The molecule has 0 radical (unpaired) electrons. The van der Waals surface area contributed by atoms with Crippen LogP contribution in [0.5, 0.6) is 0 Å². The van der Waals surface area contributed by atoms with E-state index in [0.717, 1.165) is 6.42 Å². The minimum Gasteiger partial charge on any atom is -0.377 e. The van der Waals surface area contributed by atoms with Crippen molar-refractivity contribution < 1.29 is 9.53 Å². The number of nitrogens with zero attached hydrogens (tertiary/aromatic N) is 1. The van der Waals surface area contributed by atoms with E-state index >= 15 is 0 Å². The van der Waals surface area contributed by atoms with Crippen LogP contribution in [0.3, 0.4) is 0 Å². The minimum absolute atomic E-state index is 0.0574. The first-order chi connectivity index (χ1) is 7.34. The summed E-state index contributed by atoms with van der Waals surface area (Å²) in [4.78, 5) is 14.1. The van der Waals surface area contributed by atoms with Gasteiger partial charge in [-0.1, -0.05) is 13.8 Å². The summed E-state index contributed by atoms with van der Waals surface area (Å²) in [7, 11) is 0. The Morgan fingerprint density at radius 3 is 2.62 bits per heavy atom. The molecule has 0 aromatic rings. The molecule has 1 aliphatic heterocycles. The molecule has 4 heteroatoms. The fourth-order valence-corrected chi connectivity index (χ4v) is 2.08. The van der Waals surface area contributed by atoms with Gasteiger partial charge in [-0.2, -0.15) is 0 Å². The van der Waals surface area contributed by atoms with Crippen LogP contribution in [0.25, 0.3) is 0 Å². The maximum Gasteiger partial charge on any atom is 0.240 e. The Labute approximate surface area is 98.1 Å². The first-order valence-corrected chi connectivity index (χ1v) is 5.99. The average molecular weight is 228 g/mol. The van der Waals surface area contributed by atoms with Crippen molar-refractivity contribution in [1.29, 1.82) is 0 Å². The van der Waals surface area contributed by atoms with Gasteiger partial charge < -0.3 is 15.4 Å². The first-order valence-electron chi connectivity index (χ1n) is 5.99. The molecule has 0 saturated carbocycles. The number of hydrogen-bond acceptors (Lipinski definition) is 3. The van der Waals surface area contributed by atoms with Crippen LogP contribution in [0.1, 0.15) is 34.1 Å². The molecule has 1 aliphatic rings. The lowest BCUT2D eigenvalue weighted by Crippen LogP contribution is -2.59. The topological polar surface area (TPSA) is 55.6 Å². The SMILES string of the molecule is CC(C)CC(N)C(=O)N1CCOCC1(C)C. The Morgan fingerprint density at radius 2 is 2.12 bits per heavy atom. The second-order valence-corrected chi connectivity index (χ2v) is 5.59. The van der Waals surface area contributed by atoms with Crippen molar-refractivity contribution in [3.8, 4) is 0 Å². The van der Waals surface area contributed by atoms with E-state index in [1.807, 2.05) is 18.7 Å². The number of rotatable bonds is 3. The van der Waals surface area contributed by atoms with Gasteiger partial charge >= 0.3 is 0 Å². The van der Waals surface area contributed by atoms with Crippen LogP contribution in [0.2, 0.25) is 0 Å². The van der Waals surface area contributed by atoms with Gasteiger partial charge in [0.2, 0.25) is 5.91 Å². The van der Waals surface area contributed by atoms with E-state index in [9.17, 15) is 4.79 Å². The number of morpholine rings is 1. The Hall–Kier alpha value is -0.610. The number of carbonyl (C=O) groups is 1. The van der Waals surface area contributed by atoms with Gasteiger partial charge in [-0.15, -0.1) is 0 Å². The minimum atomic E-state index is -0.377. The summed E-state index contributed by atoms with van der Waals surface area (Å²) in [5.74, 6) is 0.505. The lowest BCUT2D eigenvalue weighted by Gasteiger charge is -2.43. The Balaban J connectivity index is 2.64. The van der Waals surface area contributed by atoms with E-state index in [4.69, 9.17) is 10.5 Å². The normalized spacial score (nSPS) is 22.2. The molecule has 1 atom stereocenters. The Kier molecular flexibility index (Phi) is 4.33. The number of carbonyl (C=O) groups excluding carboxylic acids is 1. The second kappa shape index (κ2) is 5.15. The van der Waals surface area contributed by atoms with Crippen molar-refractivity contribution in [2.45, 2.75) is 45.7 Å². The highest BCUT2D eigenvalue weighted by Gasteiger charge is 2.36. The molecule has 94 valence electrons. The summed E-state index contributed by atoms with van der Waals surface area (Å²) in [6.07, 6.45) is 0.742. The third kappa shape index (κ3) is 3.19. The quantitative estimate of drug-likeness (QED) is 0.784. The number of amides is 1. The summed E-state index contributed by atoms with van der Waals surface area (Å²) >= 11 is 0. The molecule has 2 N–H and O–H groups in total. The molecule has 0 aromatic heterocycles. The van der Waals surface area contributed by atoms with Crippen molar-refractivity contribution in [2.24, 2.45) is 11.7 Å². The number of nitrogens with two attached hydrogens (primary N) is 1. The molecule has 1 rings (SSSR count). The summed E-state index contributed by atoms with van der Waals surface area (Å²) in [5, 5.41) is 0. The summed E-state index contributed by atoms with van der Waals surface area (Å²) in [6, 6.07) is -0.377. The zero-order valence-electron chi connectivity index (χ0n) is 10.8. The molecule has 4 nitrogen and oxygen atoms in total. The molecule has 1 amide bonds. The van der Waals surface area contributed by atoms with Crippen LogP contribution >= 0.6 is 0 Å². The molecule has 0 spiro atoms. The van der Waals surface area contributed by atoms with Crippen LogP contribution in [0.4, 0.5) is 0 Å². The predicted octanol–water partition coefficient (Wildman–Crippen LogP) is 0.997. The van der Waals surface area contributed by atoms with E-state index in [-0.39, 0.29) is 17.5 Å². The highest BCUT2D eigenvalue weighted by atomic mass is 16.5. The number of ether oxygens (including phenoxy) is 1. The van der Waals surface area contributed by atoms with E-state index < -0.39 is 0 Å². The maximum atomic E-state index is 12.2. The van der Waals surface area contributed by atoms with E-state index in [2.05, 4.69) is 13.8 Å². The van der Waals surface area contributed by atoms with Gasteiger partial charge in [0.25, 0.3) is 0 Å². The molecule has 1 unspecified atom stereocenters. The second-order valence-electron chi connectivity index (χ2n) is 5.59. The van der Waals surface area contributed by atoms with E-state index in [1.54, 1.807) is 0 Å². The van der Waals surface area contributed by atoms with Crippen LogP contribution in [0, 0.1) is 5.92 Å². The van der Waals surface area contributed by atoms with Gasteiger partial charge in [0, 0.05) is 6.54 Å². The molecule has 1 saturated heterocycles. The highest BCUT2D eigenvalue weighted by molar-refractivity contribution is 5.82.